The Labute approximate surface area is 164 Å². The Morgan fingerprint density at radius 1 is 1.29 bits per heavy atom. The van der Waals surface area contributed by atoms with E-state index < -0.39 is 0 Å². The van der Waals surface area contributed by atoms with E-state index in [4.69, 9.17) is 4.74 Å². The van der Waals surface area contributed by atoms with E-state index >= 15 is 0 Å². The van der Waals surface area contributed by atoms with Crippen LogP contribution in [0.2, 0.25) is 0 Å². The van der Waals surface area contributed by atoms with E-state index in [1.54, 1.807) is 4.52 Å². The molecular formula is C19H29N7O2. The molecule has 2 aromatic heterocycles. The summed E-state index contributed by atoms with van der Waals surface area (Å²) in [6.45, 7) is 9.22. The quantitative estimate of drug-likeness (QED) is 0.827. The molecule has 0 bridgehead atoms. The monoisotopic (exact) mass is 387 g/mol. The zero-order valence-corrected chi connectivity index (χ0v) is 16.8. The van der Waals surface area contributed by atoms with Gasteiger partial charge in [-0.1, -0.05) is 13.8 Å². The second kappa shape index (κ2) is 7.90. The molecule has 0 aromatic carbocycles. The number of piperidine rings is 1. The molecule has 4 heterocycles. The van der Waals surface area contributed by atoms with E-state index in [1.807, 2.05) is 18.0 Å². The second-order valence-electron chi connectivity index (χ2n) is 7.99. The van der Waals surface area contributed by atoms with Crippen molar-refractivity contribution in [3.63, 3.8) is 0 Å². The molecule has 2 aliphatic heterocycles. The lowest BCUT2D eigenvalue weighted by Crippen LogP contribution is -2.44. The predicted molar refractivity (Wildman–Crippen MR) is 106 cm³/mol. The van der Waals surface area contributed by atoms with Crippen molar-refractivity contribution in [2.75, 3.05) is 31.5 Å². The zero-order valence-electron chi connectivity index (χ0n) is 16.8. The molecule has 1 atom stereocenters. The highest BCUT2D eigenvalue weighted by Crippen LogP contribution is 2.22. The van der Waals surface area contributed by atoms with Gasteiger partial charge in [0.25, 0.3) is 0 Å². The summed E-state index contributed by atoms with van der Waals surface area (Å²) in [5, 5.41) is 11.2. The number of nitrogens with zero attached hydrogens (tertiary/aromatic N) is 5. The molecule has 0 unspecified atom stereocenters. The smallest absolute Gasteiger partial charge is 0.410 e. The highest BCUT2D eigenvalue weighted by atomic mass is 16.6. The van der Waals surface area contributed by atoms with Gasteiger partial charge in [-0.3, -0.25) is 0 Å². The molecule has 4 rings (SSSR count). The molecule has 0 saturated carbocycles. The summed E-state index contributed by atoms with van der Waals surface area (Å²) in [6, 6.07) is 0.237. The maximum atomic E-state index is 12.3. The van der Waals surface area contributed by atoms with Crippen LogP contribution in [0.3, 0.4) is 0 Å². The van der Waals surface area contributed by atoms with Gasteiger partial charge in [0.15, 0.2) is 5.65 Å². The van der Waals surface area contributed by atoms with E-state index in [-0.39, 0.29) is 18.2 Å². The molecule has 0 spiro atoms. The van der Waals surface area contributed by atoms with Crippen LogP contribution in [0.25, 0.3) is 5.65 Å². The predicted octanol–water partition coefficient (Wildman–Crippen LogP) is 1.93. The standard InChI is InChI=1S/C19H29N7O2/c1-12(2)16-11-21-26-17(16)22-13(3)23-18(26)24-14-5-8-25(9-6-14)19(27)28-15-4-7-20-10-15/h11-12,14-15,20H,4-10H2,1-3H3,(H,22,23,24)/t15-/m1/s1. The van der Waals surface area contributed by atoms with E-state index in [2.05, 4.69) is 39.5 Å². The third kappa shape index (κ3) is 3.89. The van der Waals surface area contributed by atoms with Crippen molar-refractivity contribution in [3.8, 4) is 0 Å². The van der Waals surface area contributed by atoms with Gasteiger partial charge in [0.1, 0.15) is 11.9 Å². The fraction of sp³-hybridized carbons (Fsp3) is 0.684. The second-order valence-corrected chi connectivity index (χ2v) is 7.99. The van der Waals surface area contributed by atoms with Gasteiger partial charge >= 0.3 is 6.09 Å². The van der Waals surface area contributed by atoms with Crippen molar-refractivity contribution >= 4 is 17.7 Å². The molecule has 28 heavy (non-hydrogen) atoms. The number of hydrogen-bond acceptors (Lipinski definition) is 7. The van der Waals surface area contributed by atoms with Crippen molar-refractivity contribution in [3.05, 3.63) is 17.6 Å². The summed E-state index contributed by atoms with van der Waals surface area (Å²) >= 11 is 0. The van der Waals surface area contributed by atoms with Crippen molar-refractivity contribution in [1.29, 1.82) is 0 Å². The van der Waals surface area contributed by atoms with Crippen LogP contribution in [0.1, 0.15) is 50.4 Å². The molecule has 152 valence electrons. The topological polar surface area (TPSA) is 96.7 Å². The summed E-state index contributed by atoms with van der Waals surface area (Å²) < 4.78 is 7.36. The molecule has 0 aliphatic carbocycles. The highest BCUT2D eigenvalue weighted by molar-refractivity contribution is 5.68. The highest BCUT2D eigenvalue weighted by Gasteiger charge is 2.27. The molecular weight excluding hydrogens is 358 g/mol. The molecule has 2 N–H and O–H groups in total. The molecule has 1 amide bonds. The number of fused-ring (bicyclic) bond motifs is 1. The van der Waals surface area contributed by atoms with Crippen LogP contribution in [0.15, 0.2) is 6.20 Å². The number of aryl methyl sites for hydroxylation is 1. The van der Waals surface area contributed by atoms with Gasteiger partial charge in [-0.25, -0.2) is 9.78 Å². The molecule has 2 aliphatic rings. The number of likely N-dealkylation sites (tertiary alicyclic amines) is 1. The van der Waals surface area contributed by atoms with E-state index in [9.17, 15) is 4.79 Å². The summed E-state index contributed by atoms with van der Waals surface area (Å²) in [7, 11) is 0. The lowest BCUT2D eigenvalue weighted by Gasteiger charge is -2.32. The fourth-order valence-electron chi connectivity index (χ4n) is 3.84. The number of aromatic nitrogens is 4. The fourth-order valence-corrected chi connectivity index (χ4v) is 3.84. The zero-order chi connectivity index (χ0) is 19.7. The Hall–Kier alpha value is -2.42. The van der Waals surface area contributed by atoms with E-state index in [0.717, 1.165) is 49.4 Å². The van der Waals surface area contributed by atoms with Gasteiger partial charge in [-0.2, -0.15) is 14.6 Å². The number of ether oxygens (including phenoxy) is 1. The molecule has 2 saturated heterocycles. The molecule has 2 aromatic rings. The average Bonchev–Trinajstić information content (AvgIpc) is 3.31. The van der Waals surface area contributed by atoms with Crippen LogP contribution in [0.5, 0.6) is 0 Å². The number of anilines is 1. The van der Waals surface area contributed by atoms with Crippen molar-refractivity contribution in [2.24, 2.45) is 0 Å². The van der Waals surface area contributed by atoms with Crippen LogP contribution in [-0.2, 0) is 4.74 Å². The van der Waals surface area contributed by atoms with Crippen molar-refractivity contribution in [2.45, 2.75) is 58.1 Å². The van der Waals surface area contributed by atoms with Gasteiger partial charge in [-0.05, 0) is 38.6 Å². The van der Waals surface area contributed by atoms with Crippen LogP contribution in [0.4, 0.5) is 10.7 Å². The normalized spacial score (nSPS) is 20.9. The Bertz CT molecular complexity index is 836. The molecule has 9 nitrogen and oxygen atoms in total. The number of amides is 1. The van der Waals surface area contributed by atoms with Gasteiger partial charge in [0.05, 0.1) is 6.20 Å². The first-order chi connectivity index (χ1) is 13.5. The van der Waals surface area contributed by atoms with Crippen LogP contribution < -0.4 is 10.6 Å². The SMILES string of the molecule is Cc1nc(NC2CCN(C(=O)O[C@@H]3CCNC3)CC2)n2ncc(C(C)C)c2n1. The lowest BCUT2D eigenvalue weighted by atomic mass is 10.1. The van der Waals surface area contributed by atoms with Crippen molar-refractivity contribution in [1.82, 2.24) is 29.8 Å². The van der Waals surface area contributed by atoms with Gasteiger partial charge in [0.2, 0.25) is 5.95 Å². The summed E-state index contributed by atoms with van der Waals surface area (Å²) in [4.78, 5) is 23.3. The lowest BCUT2D eigenvalue weighted by molar-refractivity contribution is 0.0640. The van der Waals surface area contributed by atoms with Gasteiger partial charge < -0.3 is 20.3 Å². The van der Waals surface area contributed by atoms with Crippen molar-refractivity contribution < 1.29 is 9.53 Å². The molecule has 2 fully saturated rings. The van der Waals surface area contributed by atoms with Gasteiger partial charge in [-0.15, -0.1) is 0 Å². The first-order valence-electron chi connectivity index (χ1n) is 10.2. The first kappa shape index (κ1) is 18.9. The van der Waals surface area contributed by atoms with Crippen LogP contribution in [0, 0.1) is 6.92 Å². The summed E-state index contributed by atoms with van der Waals surface area (Å²) in [5.41, 5.74) is 1.98. The Kier molecular flexibility index (Phi) is 5.34. The minimum absolute atomic E-state index is 0.00981. The summed E-state index contributed by atoms with van der Waals surface area (Å²) in [6.07, 6.45) is 4.28. The average molecular weight is 387 g/mol. The minimum atomic E-state index is -0.193. The third-order valence-corrected chi connectivity index (χ3v) is 5.50. The van der Waals surface area contributed by atoms with E-state index in [0.29, 0.717) is 25.0 Å². The Balaban J connectivity index is 1.39. The van der Waals surface area contributed by atoms with E-state index in [1.165, 1.54) is 0 Å². The number of carbonyl (C=O) groups is 1. The number of nitrogens with one attached hydrogen (secondary N) is 2. The maximum Gasteiger partial charge on any atom is 0.410 e. The van der Waals surface area contributed by atoms with Crippen LogP contribution in [-0.4, -0.2) is 68.9 Å². The third-order valence-electron chi connectivity index (χ3n) is 5.50. The Morgan fingerprint density at radius 3 is 2.75 bits per heavy atom. The van der Waals surface area contributed by atoms with Crippen LogP contribution >= 0.6 is 0 Å². The van der Waals surface area contributed by atoms with Gasteiger partial charge in [0, 0.05) is 31.2 Å². The maximum absolute atomic E-state index is 12.3. The molecule has 0 radical (unpaired) electrons. The molecule has 9 heteroatoms. The number of rotatable bonds is 4. The largest absolute Gasteiger partial charge is 0.445 e. The minimum Gasteiger partial charge on any atom is -0.445 e. The first-order valence-corrected chi connectivity index (χ1v) is 10.2. The Morgan fingerprint density at radius 2 is 2.07 bits per heavy atom. The number of hydrogen-bond donors (Lipinski definition) is 2. The number of carbonyl (C=O) groups excluding carboxylic acids is 1. The summed E-state index contributed by atoms with van der Waals surface area (Å²) in [5.74, 6) is 1.79.